The number of ether oxygens (including phenoxy) is 1. The van der Waals surface area contributed by atoms with Gasteiger partial charge in [0.15, 0.2) is 11.4 Å². The molecule has 5 heteroatoms. The molecule has 0 aromatic heterocycles. The summed E-state index contributed by atoms with van der Waals surface area (Å²) in [6, 6.07) is 0. The van der Waals surface area contributed by atoms with Crippen molar-refractivity contribution >= 4 is 11.8 Å². The highest BCUT2D eigenvalue weighted by atomic mass is 17.2. The lowest BCUT2D eigenvalue weighted by molar-refractivity contribution is -0.340. The third-order valence-corrected chi connectivity index (χ3v) is 11.3. The van der Waals surface area contributed by atoms with E-state index in [0.717, 1.165) is 32.1 Å². The van der Waals surface area contributed by atoms with E-state index in [1.165, 1.54) is 18.9 Å². The molecule has 0 aromatic carbocycles. The summed E-state index contributed by atoms with van der Waals surface area (Å²) in [6.45, 7) is 15.3. The molecule has 194 valence electrons. The van der Waals surface area contributed by atoms with Crippen molar-refractivity contribution in [2.24, 2.45) is 40.4 Å². The maximum atomic E-state index is 13.8. The van der Waals surface area contributed by atoms with E-state index in [1.807, 2.05) is 6.08 Å². The lowest BCUT2D eigenvalue weighted by atomic mass is 9.44. The smallest absolute Gasteiger partial charge is 0.302 e. The standard InChI is InChI=1S/C30H44O5/c1-18(2)19(3)8-9-20(4)23-10-11-24-25-16-26(32)30-17-22(33-21(5)31)12-13-28(30,7)29(25,34-35-30)15-14-27(23,24)6/h8-9,16,18-20,22-24H,10-15,17H2,1-7H3/t19-,20+,22-,23+,24-,27+,28+,29+,30-/m0/s1. The van der Waals surface area contributed by atoms with Gasteiger partial charge in [0.05, 0.1) is 0 Å². The lowest BCUT2D eigenvalue weighted by Gasteiger charge is -2.59. The highest BCUT2D eigenvalue weighted by molar-refractivity contribution is 6.01. The highest BCUT2D eigenvalue weighted by Gasteiger charge is 2.78. The number of rotatable bonds is 5. The summed E-state index contributed by atoms with van der Waals surface area (Å²) in [7, 11) is 0. The largest absolute Gasteiger partial charge is 0.462 e. The van der Waals surface area contributed by atoms with Gasteiger partial charge in [-0.2, -0.15) is 0 Å². The molecule has 0 N–H and O–H groups in total. The summed E-state index contributed by atoms with van der Waals surface area (Å²) in [4.78, 5) is 37.9. The Labute approximate surface area is 211 Å². The molecule has 0 aromatic rings. The number of carbonyl (C=O) groups excluding carboxylic acids is 2. The first-order valence-electron chi connectivity index (χ1n) is 13.9. The molecule has 1 heterocycles. The van der Waals surface area contributed by atoms with Crippen LogP contribution in [0.25, 0.3) is 0 Å². The summed E-state index contributed by atoms with van der Waals surface area (Å²) in [5.74, 6) is 2.37. The monoisotopic (exact) mass is 484 g/mol. The van der Waals surface area contributed by atoms with Gasteiger partial charge >= 0.3 is 5.97 Å². The first-order valence-corrected chi connectivity index (χ1v) is 13.9. The molecule has 5 nitrogen and oxygen atoms in total. The van der Waals surface area contributed by atoms with Crippen LogP contribution in [0.3, 0.4) is 0 Å². The first-order chi connectivity index (χ1) is 16.4. The molecule has 0 amide bonds. The Morgan fingerprint density at radius 3 is 2.43 bits per heavy atom. The predicted octanol–water partition coefficient (Wildman–Crippen LogP) is 6.37. The fraction of sp³-hybridized carbons (Fsp3) is 0.800. The van der Waals surface area contributed by atoms with Crippen LogP contribution in [0.15, 0.2) is 23.8 Å². The summed E-state index contributed by atoms with van der Waals surface area (Å²) >= 11 is 0. The van der Waals surface area contributed by atoms with E-state index in [-0.39, 0.29) is 23.3 Å². The fourth-order valence-corrected chi connectivity index (χ4v) is 8.67. The van der Waals surface area contributed by atoms with Crippen molar-refractivity contribution in [3.63, 3.8) is 0 Å². The maximum absolute atomic E-state index is 13.8. The van der Waals surface area contributed by atoms with Crippen LogP contribution in [0.1, 0.15) is 93.4 Å². The van der Waals surface area contributed by atoms with Gasteiger partial charge in [-0.3, -0.25) is 9.59 Å². The summed E-state index contributed by atoms with van der Waals surface area (Å²) in [6.07, 6.45) is 12.6. The molecular weight excluding hydrogens is 440 g/mol. The molecule has 4 aliphatic carbocycles. The van der Waals surface area contributed by atoms with Crippen molar-refractivity contribution in [1.29, 1.82) is 0 Å². The van der Waals surface area contributed by atoms with Gasteiger partial charge in [-0.05, 0) is 85.2 Å². The van der Waals surface area contributed by atoms with Crippen LogP contribution in [0.2, 0.25) is 0 Å². The zero-order valence-corrected chi connectivity index (χ0v) is 22.7. The highest BCUT2D eigenvalue weighted by Crippen LogP contribution is 2.73. The Balaban J connectivity index is 1.46. The van der Waals surface area contributed by atoms with Crippen molar-refractivity contribution in [1.82, 2.24) is 0 Å². The van der Waals surface area contributed by atoms with Crippen molar-refractivity contribution in [2.45, 2.75) is 111 Å². The van der Waals surface area contributed by atoms with Gasteiger partial charge in [0.2, 0.25) is 0 Å². The molecule has 3 saturated carbocycles. The second-order valence-electron chi connectivity index (χ2n) is 13.2. The maximum Gasteiger partial charge on any atom is 0.302 e. The molecule has 35 heavy (non-hydrogen) atoms. The fourth-order valence-electron chi connectivity index (χ4n) is 8.67. The van der Waals surface area contributed by atoms with Crippen LogP contribution in [0.4, 0.5) is 0 Å². The second kappa shape index (κ2) is 8.28. The Hall–Kier alpha value is -1.46. The summed E-state index contributed by atoms with van der Waals surface area (Å²) in [5, 5.41) is 0. The van der Waals surface area contributed by atoms with Crippen LogP contribution in [-0.4, -0.2) is 29.1 Å². The Morgan fingerprint density at radius 2 is 1.74 bits per heavy atom. The zero-order chi connectivity index (χ0) is 25.4. The zero-order valence-electron chi connectivity index (χ0n) is 22.7. The molecule has 1 spiro atoms. The van der Waals surface area contributed by atoms with Gasteiger partial charge in [0, 0.05) is 18.8 Å². The number of carbonyl (C=O) groups is 2. The van der Waals surface area contributed by atoms with Crippen LogP contribution in [0, 0.1) is 40.4 Å². The third-order valence-electron chi connectivity index (χ3n) is 11.3. The number of ketones is 1. The molecular formula is C30H44O5. The predicted molar refractivity (Wildman–Crippen MR) is 134 cm³/mol. The van der Waals surface area contributed by atoms with Crippen molar-refractivity contribution < 1.29 is 24.1 Å². The van der Waals surface area contributed by atoms with E-state index >= 15 is 0 Å². The van der Waals surface area contributed by atoms with Gasteiger partial charge in [-0.25, -0.2) is 9.78 Å². The van der Waals surface area contributed by atoms with E-state index in [2.05, 4.69) is 53.7 Å². The van der Waals surface area contributed by atoms with Gasteiger partial charge in [-0.15, -0.1) is 0 Å². The number of allylic oxidation sites excluding steroid dienone is 2. The Kier molecular flexibility index (Phi) is 5.96. The minimum Gasteiger partial charge on any atom is -0.462 e. The molecule has 5 rings (SSSR count). The molecule has 2 bridgehead atoms. The summed E-state index contributed by atoms with van der Waals surface area (Å²) in [5.41, 5.74) is -0.697. The third kappa shape index (κ3) is 3.32. The lowest BCUT2D eigenvalue weighted by Crippen LogP contribution is -2.67. The Bertz CT molecular complexity index is 966. The molecule has 1 aliphatic heterocycles. The molecule has 0 unspecified atom stereocenters. The van der Waals surface area contributed by atoms with E-state index in [1.54, 1.807) is 0 Å². The van der Waals surface area contributed by atoms with Crippen molar-refractivity contribution in [3.8, 4) is 0 Å². The number of fused-ring (bicyclic) bond motifs is 2. The van der Waals surface area contributed by atoms with Crippen LogP contribution < -0.4 is 0 Å². The number of hydrogen-bond acceptors (Lipinski definition) is 5. The first kappa shape index (κ1) is 25.2. The average molecular weight is 485 g/mol. The van der Waals surface area contributed by atoms with Crippen molar-refractivity contribution in [3.05, 3.63) is 23.8 Å². The van der Waals surface area contributed by atoms with E-state index in [4.69, 9.17) is 14.5 Å². The van der Waals surface area contributed by atoms with Gasteiger partial charge < -0.3 is 4.74 Å². The van der Waals surface area contributed by atoms with Gasteiger partial charge in [0.25, 0.3) is 0 Å². The average Bonchev–Trinajstić information content (AvgIpc) is 3.23. The molecule has 1 saturated heterocycles. The van der Waals surface area contributed by atoms with E-state index < -0.39 is 16.6 Å². The SMILES string of the molecule is CC(=O)O[C@H]1CC[C@@]2(C)[C@@]3(C1)OO[C@@]21CC[C@]2(C)[C@@H]([C@H](C)C=C[C@H](C)C(C)C)CC[C@H]2C1=CC3=O. The molecule has 4 fully saturated rings. The molecule has 5 aliphatic rings. The summed E-state index contributed by atoms with van der Waals surface area (Å²) < 4.78 is 5.54. The second-order valence-corrected chi connectivity index (χ2v) is 13.2. The van der Waals surface area contributed by atoms with E-state index in [0.29, 0.717) is 36.0 Å². The normalized spacial score (nSPS) is 46.1. The van der Waals surface area contributed by atoms with E-state index in [9.17, 15) is 9.59 Å². The minimum absolute atomic E-state index is 0.00591. The quantitative estimate of drug-likeness (QED) is 0.258. The topological polar surface area (TPSA) is 61.8 Å². The van der Waals surface area contributed by atoms with Crippen LogP contribution >= 0.6 is 0 Å². The molecule has 0 radical (unpaired) electrons. The number of esters is 1. The van der Waals surface area contributed by atoms with Crippen LogP contribution in [-0.2, 0) is 24.1 Å². The number of hydrogen-bond donors (Lipinski definition) is 0. The van der Waals surface area contributed by atoms with Gasteiger partial charge in [-0.1, -0.05) is 53.7 Å². The van der Waals surface area contributed by atoms with Crippen molar-refractivity contribution in [2.75, 3.05) is 0 Å². The molecule has 9 atom stereocenters. The van der Waals surface area contributed by atoms with Gasteiger partial charge in [0.1, 0.15) is 11.7 Å². The Morgan fingerprint density at radius 1 is 1.03 bits per heavy atom. The van der Waals surface area contributed by atoms with Crippen LogP contribution in [0.5, 0.6) is 0 Å². The minimum atomic E-state index is -1.05.